The molecule has 1 spiro atoms. The summed E-state index contributed by atoms with van der Waals surface area (Å²) in [5.74, 6) is 1.02. The summed E-state index contributed by atoms with van der Waals surface area (Å²) in [6.07, 6.45) is 5.16. The highest BCUT2D eigenvalue weighted by Gasteiger charge is 2.44. The predicted molar refractivity (Wildman–Crippen MR) is 119 cm³/mol. The second-order valence-corrected chi connectivity index (χ2v) is 8.92. The number of rotatable bonds is 4. The fraction of sp³-hybridized carbons (Fsp3) is 0.478. The highest BCUT2D eigenvalue weighted by molar-refractivity contribution is 7.98. The van der Waals surface area contributed by atoms with E-state index in [1.165, 1.54) is 11.8 Å². The molecule has 0 saturated carbocycles. The fourth-order valence-corrected chi connectivity index (χ4v) is 4.73. The molecule has 7 nitrogen and oxygen atoms in total. The van der Waals surface area contributed by atoms with E-state index in [-0.39, 0.29) is 5.78 Å². The lowest BCUT2D eigenvalue weighted by atomic mass is 9.81. The number of benzene rings is 1. The smallest absolute Gasteiger partial charge is 0.343 e. The van der Waals surface area contributed by atoms with Gasteiger partial charge >= 0.3 is 5.97 Å². The summed E-state index contributed by atoms with van der Waals surface area (Å²) in [6.45, 7) is 7.31. The Balaban J connectivity index is 1.58. The number of thioether (sulfide) groups is 1. The minimum Gasteiger partial charge on any atom is -0.486 e. The van der Waals surface area contributed by atoms with Crippen molar-refractivity contribution < 1.29 is 19.1 Å². The van der Waals surface area contributed by atoms with Gasteiger partial charge in [0.25, 0.3) is 0 Å². The van der Waals surface area contributed by atoms with Gasteiger partial charge in [0.05, 0.1) is 18.6 Å². The number of hydrogen-bond donors (Lipinski definition) is 0. The Hall–Kier alpha value is -2.61. The maximum atomic E-state index is 12.9. The zero-order valence-corrected chi connectivity index (χ0v) is 19.2. The van der Waals surface area contributed by atoms with E-state index in [0.717, 1.165) is 11.1 Å². The number of piperidine rings is 1. The highest BCUT2D eigenvalue weighted by Crippen LogP contribution is 2.42. The number of aromatic nitrogens is 2. The van der Waals surface area contributed by atoms with Crippen LogP contribution in [0, 0.1) is 13.8 Å². The Morgan fingerprint density at radius 2 is 2.03 bits per heavy atom. The summed E-state index contributed by atoms with van der Waals surface area (Å²) >= 11 is 1.43. The Morgan fingerprint density at radius 1 is 1.29 bits per heavy atom. The summed E-state index contributed by atoms with van der Waals surface area (Å²) in [7, 11) is 0. The maximum Gasteiger partial charge on any atom is 0.343 e. The van der Waals surface area contributed by atoms with Crippen LogP contribution in [0.15, 0.2) is 23.5 Å². The third-order valence-corrected chi connectivity index (χ3v) is 6.48. The van der Waals surface area contributed by atoms with E-state index in [1.54, 1.807) is 13.1 Å². The van der Waals surface area contributed by atoms with Gasteiger partial charge in [-0.3, -0.25) is 4.79 Å². The maximum absolute atomic E-state index is 12.9. The minimum atomic E-state index is -0.514. The lowest BCUT2D eigenvalue weighted by Gasteiger charge is -2.44. The Morgan fingerprint density at radius 3 is 2.71 bits per heavy atom. The molecule has 0 aliphatic carbocycles. The Bertz CT molecular complexity index is 1030. The molecule has 8 heteroatoms. The average molecular weight is 442 g/mol. The standard InChI is InChI=1S/C23H27N3O4S/c1-5-29-21(28)17-13-24-22(31-4)25-20(17)26-8-6-23(7-9-26)12-18(27)16-11-14(2)10-15(3)19(16)30-23/h10-11,13H,5-9,12H2,1-4H3. The average Bonchev–Trinajstić information content (AvgIpc) is 2.75. The highest BCUT2D eigenvalue weighted by atomic mass is 32.2. The van der Waals surface area contributed by atoms with Crippen LogP contribution in [0.25, 0.3) is 0 Å². The molecule has 0 N–H and O–H groups in total. The SMILES string of the molecule is CCOC(=O)c1cnc(SC)nc1N1CCC2(CC1)CC(=O)c1cc(C)cc(C)c1O2. The lowest BCUT2D eigenvalue weighted by Crippen LogP contribution is -2.51. The third-order valence-electron chi connectivity index (χ3n) is 5.92. The van der Waals surface area contributed by atoms with Gasteiger partial charge in [-0.25, -0.2) is 14.8 Å². The lowest BCUT2D eigenvalue weighted by molar-refractivity contribution is 0.0224. The van der Waals surface area contributed by atoms with Crippen LogP contribution in [0.4, 0.5) is 5.82 Å². The van der Waals surface area contributed by atoms with Gasteiger partial charge in [-0.15, -0.1) is 0 Å². The van der Waals surface area contributed by atoms with Crippen LogP contribution in [-0.2, 0) is 4.74 Å². The number of anilines is 1. The number of ether oxygens (including phenoxy) is 2. The van der Waals surface area contributed by atoms with Crippen LogP contribution in [0.1, 0.15) is 58.0 Å². The van der Waals surface area contributed by atoms with Gasteiger partial charge in [-0.05, 0) is 44.2 Å². The van der Waals surface area contributed by atoms with Crippen LogP contribution in [0.3, 0.4) is 0 Å². The van der Waals surface area contributed by atoms with Gasteiger partial charge in [-0.1, -0.05) is 17.8 Å². The molecule has 164 valence electrons. The quantitative estimate of drug-likeness (QED) is 0.400. The monoisotopic (exact) mass is 441 g/mol. The van der Waals surface area contributed by atoms with Crippen LogP contribution in [0.5, 0.6) is 5.75 Å². The molecule has 0 radical (unpaired) electrons. The second kappa shape index (κ2) is 8.49. The number of carbonyl (C=O) groups excluding carboxylic acids is 2. The summed E-state index contributed by atoms with van der Waals surface area (Å²) in [5, 5.41) is 0.604. The first-order valence-corrected chi connectivity index (χ1v) is 11.7. The molecular weight excluding hydrogens is 414 g/mol. The van der Waals surface area contributed by atoms with Crippen LogP contribution >= 0.6 is 11.8 Å². The molecular formula is C23H27N3O4S. The summed E-state index contributed by atoms with van der Waals surface area (Å²) in [5.41, 5.74) is 2.61. The van der Waals surface area contributed by atoms with Crippen molar-refractivity contribution in [3.05, 3.63) is 40.6 Å². The van der Waals surface area contributed by atoms with E-state index in [9.17, 15) is 9.59 Å². The zero-order valence-electron chi connectivity index (χ0n) is 18.4. The van der Waals surface area contributed by atoms with Gasteiger partial charge in [-0.2, -0.15) is 0 Å². The second-order valence-electron chi connectivity index (χ2n) is 8.15. The molecule has 1 fully saturated rings. The topological polar surface area (TPSA) is 81.6 Å². The van der Waals surface area contributed by atoms with Crippen molar-refractivity contribution in [2.75, 3.05) is 30.9 Å². The van der Waals surface area contributed by atoms with Crippen molar-refractivity contribution in [3.8, 4) is 5.75 Å². The first-order chi connectivity index (χ1) is 14.9. The van der Waals surface area contributed by atoms with Crippen molar-refractivity contribution in [2.45, 2.75) is 50.8 Å². The molecule has 2 aliphatic heterocycles. The normalized spacial score (nSPS) is 17.3. The third kappa shape index (κ3) is 4.13. The number of ketones is 1. The predicted octanol–water partition coefficient (Wildman–Crippen LogP) is 4.00. The number of fused-ring (bicyclic) bond motifs is 1. The molecule has 3 heterocycles. The van der Waals surface area contributed by atoms with E-state index >= 15 is 0 Å². The van der Waals surface area contributed by atoms with Crippen molar-refractivity contribution >= 4 is 29.3 Å². The van der Waals surface area contributed by atoms with E-state index in [1.807, 2.05) is 26.2 Å². The number of carbonyl (C=O) groups is 2. The zero-order chi connectivity index (χ0) is 22.2. The van der Waals surface area contributed by atoms with Crippen molar-refractivity contribution in [1.82, 2.24) is 9.97 Å². The number of aryl methyl sites for hydroxylation is 2. The first kappa shape index (κ1) is 21.6. The summed E-state index contributed by atoms with van der Waals surface area (Å²) < 4.78 is 11.7. The molecule has 0 amide bonds. The van der Waals surface area contributed by atoms with Crippen LogP contribution in [-0.4, -0.2) is 53.3 Å². The first-order valence-electron chi connectivity index (χ1n) is 10.5. The molecule has 1 aromatic carbocycles. The van der Waals surface area contributed by atoms with Gasteiger partial charge in [0.1, 0.15) is 22.7 Å². The summed E-state index contributed by atoms with van der Waals surface area (Å²) in [4.78, 5) is 36.3. The molecule has 1 saturated heterocycles. The largest absolute Gasteiger partial charge is 0.486 e. The molecule has 2 aromatic rings. The number of Topliss-reactive ketones (excluding diaryl/α,β-unsaturated/α-hetero) is 1. The fourth-order valence-electron chi connectivity index (χ4n) is 4.39. The summed E-state index contributed by atoms with van der Waals surface area (Å²) in [6, 6.07) is 3.97. The molecule has 0 bridgehead atoms. The van der Waals surface area contributed by atoms with Gasteiger partial charge in [0.2, 0.25) is 0 Å². The van der Waals surface area contributed by atoms with Gasteiger partial charge < -0.3 is 14.4 Å². The molecule has 2 aliphatic rings. The number of nitrogens with zero attached hydrogens (tertiary/aromatic N) is 3. The van der Waals surface area contributed by atoms with E-state index in [4.69, 9.17) is 9.47 Å². The Labute approximate surface area is 186 Å². The molecule has 1 aromatic heterocycles. The van der Waals surface area contributed by atoms with Crippen molar-refractivity contribution in [3.63, 3.8) is 0 Å². The van der Waals surface area contributed by atoms with Crippen molar-refractivity contribution in [2.24, 2.45) is 0 Å². The van der Waals surface area contributed by atoms with Crippen LogP contribution < -0.4 is 9.64 Å². The van der Waals surface area contributed by atoms with E-state index in [2.05, 4.69) is 20.9 Å². The van der Waals surface area contributed by atoms with E-state index in [0.29, 0.717) is 66.8 Å². The number of hydrogen-bond acceptors (Lipinski definition) is 8. The van der Waals surface area contributed by atoms with Crippen LogP contribution in [0.2, 0.25) is 0 Å². The van der Waals surface area contributed by atoms with Crippen molar-refractivity contribution in [1.29, 1.82) is 0 Å². The Kier molecular flexibility index (Phi) is 5.92. The number of esters is 1. The minimum absolute atomic E-state index is 0.139. The van der Waals surface area contributed by atoms with Gasteiger partial charge in [0.15, 0.2) is 10.9 Å². The van der Waals surface area contributed by atoms with Gasteiger partial charge in [0, 0.05) is 32.1 Å². The molecule has 0 atom stereocenters. The molecule has 4 rings (SSSR count). The van der Waals surface area contributed by atoms with E-state index < -0.39 is 11.6 Å². The molecule has 0 unspecified atom stereocenters. The molecule has 31 heavy (non-hydrogen) atoms.